The van der Waals surface area contributed by atoms with E-state index in [1.54, 1.807) is 31.4 Å². The number of nitro groups is 2. The quantitative estimate of drug-likeness (QED) is 0.136. The van der Waals surface area contributed by atoms with Crippen molar-refractivity contribution in [3.8, 4) is 5.75 Å². The van der Waals surface area contributed by atoms with Crippen LogP contribution in [-0.2, 0) is 4.79 Å². The Morgan fingerprint density at radius 2 is 1.91 bits per heavy atom. The van der Waals surface area contributed by atoms with E-state index in [0.29, 0.717) is 21.7 Å². The van der Waals surface area contributed by atoms with Gasteiger partial charge in [-0.3, -0.25) is 25.0 Å². The van der Waals surface area contributed by atoms with Gasteiger partial charge in [-0.05, 0) is 35.9 Å². The molecule has 0 radical (unpaired) electrons. The first-order chi connectivity index (χ1) is 16.8. The van der Waals surface area contributed by atoms with Gasteiger partial charge in [0.05, 0.1) is 38.3 Å². The van der Waals surface area contributed by atoms with Crippen LogP contribution in [0.3, 0.4) is 0 Å². The van der Waals surface area contributed by atoms with Crippen LogP contribution in [0.25, 0.3) is 16.3 Å². The van der Waals surface area contributed by atoms with Crippen molar-refractivity contribution in [2.45, 2.75) is 0 Å². The second-order valence-electron chi connectivity index (χ2n) is 6.84. The molecule has 0 N–H and O–H groups in total. The molecule has 0 spiro atoms. The summed E-state index contributed by atoms with van der Waals surface area (Å²) in [6.45, 7) is 0. The second-order valence-corrected chi connectivity index (χ2v) is 8.95. The van der Waals surface area contributed by atoms with E-state index in [2.05, 4.69) is 10.1 Å². The van der Waals surface area contributed by atoms with E-state index < -0.39 is 15.8 Å². The number of carbonyl (C=O) groups is 1. The molecule has 0 saturated heterocycles. The predicted octanol–water partition coefficient (Wildman–Crippen LogP) is 5.26. The maximum Gasteiger partial charge on any atom is 0.324 e. The number of thiophene rings is 1. The van der Waals surface area contributed by atoms with E-state index in [9.17, 15) is 25.0 Å². The molecule has 0 aliphatic heterocycles. The fraction of sp³-hybridized carbons (Fsp3) is 0.0455. The number of methoxy groups -OCH3 is 1. The minimum atomic E-state index is -0.565. The smallest absolute Gasteiger partial charge is 0.324 e. The number of rotatable bonds is 8. The Balaban J connectivity index is 1.68. The molecule has 176 valence electrons. The van der Waals surface area contributed by atoms with Crippen molar-refractivity contribution >= 4 is 66.9 Å². The highest BCUT2D eigenvalue weighted by molar-refractivity contribution is 7.22. The number of hydrogen-bond donors (Lipinski definition) is 0. The third-order valence-corrected chi connectivity index (χ3v) is 6.53. The lowest BCUT2D eigenvalue weighted by atomic mass is 10.2. The summed E-state index contributed by atoms with van der Waals surface area (Å²) < 4.78 is 6.00. The van der Waals surface area contributed by atoms with Crippen LogP contribution < -0.4 is 9.75 Å². The van der Waals surface area contributed by atoms with E-state index in [-0.39, 0.29) is 15.8 Å². The van der Waals surface area contributed by atoms with Gasteiger partial charge < -0.3 is 4.74 Å². The van der Waals surface area contributed by atoms with Gasteiger partial charge >= 0.3 is 5.00 Å². The maximum atomic E-state index is 13.1. The number of ether oxygens (including phenoxy) is 1. The van der Waals surface area contributed by atoms with Crippen LogP contribution in [0.4, 0.5) is 15.8 Å². The topological polar surface area (TPSA) is 141 Å². The molecule has 0 aliphatic rings. The average Bonchev–Trinajstić information content (AvgIpc) is 3.50. The molecule has 0 saturated carbocycles. The van der Waals surface area contributed by atoms with Gasteiger partial charge in [-0.25, -0.2) is 4.98 Å². The van der Waals surface area contributed by atoms with Gasteiger partial charge in [0.2, 0.25) is 5.13 Å². The largest absolute Gasteiger partial charge is 0.497 e. The van der Waals surface area contributed by atoms with E-state index in [1.807, 2.05) is 0 Å². The summed E-state index contributed by atoms with van der Waals surface area (Å²) in [6, 6.07) is 14.0. The fourth-order valence-electron chi connectivity index (χ4n) is 2.92. The van der Waals surface area contributed by atoms with Gasteiger partial charge in [-0.15, -0.1) is 0 Å². The number of benzene rings is 2. The van der Waals surface area contributed by atoms with Crippen molar-refractivity contribution in [1.82, 2.24) is 4.98 Å². The Hall–Kier alpha value is -4.49. The van der Waals surface area contributed by atoms with Crippen LogP contribution >= 0.6 is 22.7 Å². The molecule has 2 aromatic heterocycles. The minimum Gasteiger partial charge on any atom is -0.497 e. The van der Waals surface area contributed by atoms with Crippen molar-refractivity contribution in [1.29, 1.82) is 0 Å². The summed E-state index contributed by atoms with van der Waals surface area (Å²) in [4.78, 5) is 39.0. The molecule has 4 aromatic rings. The molecule has 0 fully saturated rings. The van der Waals surface area contributed by atoms with E-state index >= 15 is 0 Å². The van der Waals surface area contributed by atoms with Crippen molar-refractivity contribution < 1.29 is 19.4 Å². The van der Waals surface area contributed by atoms with Gasteiger partial charge in [0.1, 0.15) is 5.75 Å². The third-order valence-electron chi connectivity index (χ3n) is 4.57. The number of hydrazone groups is 1. The first-order valence-corrected chi connectivity index (χ1v) is 11.5. The summed E-state index contributed by atoms with van der Waals surface area (Å²) in [5.41, 5.74) is 0.988. The Morgan fingerprint density at radius 3 is 2.63 bits per heavy atom. The lowest BCUT2D eigenvalue weighted by Crippen LogP contribution is -2.23. The minimum absolute atomic E-state index is 0.0537. The predicted molar refractivity (Wildman–Crippen MR) is 134 cm³/mol. The maximum absolute atomic E-state index is 13.1. The molecule has 0 bridgehead atoms. The highest BCUT2D eigenvalue weighted by Gasteiger charge is 2.18. The Labute approximate surface area is 205 Å². The van der Waals surface area contributed by atoms with Crippen molar-refractivity contribution in [2.75, 3.05) is 12.1 Å². The standard InChI is InChI=1S/C22H15N5O6S2/c1-33-16-6-8-18-19(12-16)35-22(24-18)25(23-13-17-7-10-21(34-17)27(31)32)20(28)9-5-14-3-2-4-15(11-14)26(29)30/h2-13H,1H3/b9-5+,23-13+. The summed E-state index contributed by atoms with van der Waals surface area (Å²) >= 11 is 2.12. The molecular weight excluding hydrogens is 494 g/mol. The number of thiazole rings is 1. The SMILES string of the molecule is COc1ccc2nc(N(/N=C/c3ccc([N+](=O)[O-])s3)C(=O)/C=C/c3cccc([N+](=O)[O-])c3)sc2c1. The Kier molecular flexibility index (Phi) is 6.89. The number of amides is 1. The van der Waals surface area contributed by atoms with Crippen molar-refractivity contribution in [3.05, 3.63) is 91.3 Å². The van der Waals surface area contributed by atoms with E-state index in [4.69, 9.17) is 4.74 Å². The summed E-state index contributed by atoms with van der Waals surface area (Å²) in [6.07, 6.45) is 3.99. The van der Waals surface area contributed by atoms with Crippen LogP contribution in [0.2, 0.25) is 0 Å². The highest BCUT2D eigenvalue weighted by atomic mass is 32.1. The number of non-ortho nitro benzene ring substituents is 1. The number of hydrogen-bond acceptors (Lipinski definition) is 10. The van der Waals surface area contributed by atoms with Crippen LogP contribution in [0.15, 0.2) is 65.8 Å². The summed E-state index contributed by atoms with van der Waals surface area (Å²) in [7, 11) is 1.54. The van der Waals surface area contributed by atoms with Gasteiger partial charge in [0.15, 0.2) is 0 Å². The number of aromatic nitrogens is 1. The first-order valence-electron chi connectivity index (χ1n) is 9.83. The van der Waals surface area contributed by atoms with Crippen LogP contribution in [0, 0.1) is 20.2 Å². The zero-order valence-corrected chi connectivity index (χ0v) is 19.6. The normalized spacial score (nSPS) is 11.3. The monoisotopic (exact) mass is 509 g/mol. The fourth-order valence-corrected chi connectivity index (χ4v) is 4.56. The highest BCUT2D eigenvalue weighted by Crippen LogP contribution is 2.32. The average molecular weight is 510 g/mol. The van der Waals surface area contributed by atoms with Crippen molar-refractivity contribution in [2.24, 2.45) is 5.10 Å². The molecular formula is C22H15N5O6S2. The zero-order chi connectivity index (χ0) is 24.9. The molecule has 13 heteroatoms. The van der Waals surface area contributed by atoms with Gasteiger partial charge in [-0.2, -0.15) is 10.1 Å². The molecule has 2 heterocycles. The molecule has 0 atom stereocenters. The second kappa shape index (κ2) is 10.2. The van der Waals surface area contributed by atoms with Crippen LogP contribution in [-0.4, -0.2) is 34.1 Å². The Bertz CT molecular complexity index is 1490. The lowest BCUT2D eigenvalue weighted by molar-refractivity contribution is -0.384. The summed E-state index contributed by atoms with van der Waals surface area (Å²) in [5.74, 6) is 0.0652. The molecule has 2 aromatic carbocycles. The lowest BCUT2D eigenvalue weighted by Gasteiger charge is -2.10. The van der Waals surface area contributed by atoms with Crippen molar-refractivity contribution in [3.63, 3.8) is 0 Å². The number of nitro benzene ring substituents is 1. The molecule has 0 unspecified atom stereocenters. The summed E-state index contributed by atoms with van der Waals surface area (Å²) in [5, 5.41) is 27.5. The van der Waals surface area contributed by atoms with Crippen LogP contribution in [0.1, 0.15) is 10.4 Å². The first kappa shape index (κ1) is 23.7. The number of fused-ring (bicyclic) bond motifs is 1. The van der Waals surface area contributed by atoms with Crippen LogP contribution in [0.5, 0.6) is 5.75 Å². The third kappa shape index (κ3) is 5.54. The van der Waals surface area contributed by atoms with Gasteiger partial charge in [0, 0.05) is 24.3 Å². The van der Waals surface area contributed by atoms with E-state index in [0.717, 1.165) is 21.0 Å². The zero-order valence-electron chi connectivity index (χ0n) is 17.9. The molecule has 4 rings (SSSR count). The van der Waals surface area contributed by atoms with Gasteiger partial charge in [-0.1, -0.05) is 34.8 Å². The van der Waals surface area contributed by atoms with Gasteiger partial charge in [0.25, 0.3) is 11.6 Å². The molecule has 35 heavy (non-hydrogen) atoms. The number of carbonyl (C=O) groups excluding carboxylic acids is 1. The number of anilines is 1. The molecule has 1 amide bonds. The van der Waals surface area contributed by atoms with E-state index in [1.165, 1.54) is 60.0 Å². The molecule has 11 nitrogen and oxygen atoms in total. The molecule has 0 aliphatic carbocycles. The number of nitrogens with zero attached hydrogens (tertiary/aromatic N) is 5. The Morgan fingerprint density at radius 1 is 1.09 bits per heavy atom.